The second-order valence-corrected chi connectivity index (χ2v) is 3.96. The van der Waals surface area contributed by atoms with Gasteiger partial charge in [0.05, 0.1) is 5.04 Å². The molecule has 0 spiro atoms. The van der Waals surface area contributed by atoms with E-state index in [0.717, 1.165) is 5.04 Å². The van der Waals surface area contributed by atoms with Crippen molar-refractivity contribution in [3.63, 3.8) is 0 Å². The van der Waals surface area contributed by atoms with Crippen LogP contribution < -0.4 is 0 Å². The summed E-state index contributed by atoms with van der Waals surface area (Å²) in [7, 11) is 1.83. The van der Waals surface area contributed by atoms with E-state index in [1.54, 1.807) is 11.8 Å². The highest BCUT2D eigenvalue weighted by Crippen LogP contribution is 2.24. The molecular weight excluding hydrogens is 154 g/mol. The number of thioether (sulfide) groups is 1. The molecule has 0 radical (unpaired) electrons. The van der Waals surface area contributed by atoms with Crippen LogP contribution in [0.15, 0.2) is 16.0 Å². The Kier molecular flexibility index (Phi) is 5.30. The summed E-state index contributed by atoms with van der Waals surface area (Å²) in [5.74, 6) is 0.613. The first kappa shape index (κ1) is 10.8. The Balaban J connectivity index is 4.12. The van der Waals surface area contributed by atoms with Gasteiger partial charge in [-0.25, -0.2) is 0 Å². The summed E-state index contributed by atoms with van der Waals surface area (Å²) in [5.41, 5.74) is 0. The molecule has 0 fully saturated rings. The molecule has 11 heavy (non-hydrogen) atoms. The highest BCUT2D eigenvalue weighted by atomic mass is 32.2. The number of hydrogen-bond donors (Lipinski definition) is 0. The zero-order valence-corrected chi connectivity index (χ0v) is 8.83. The lowest BCUT2D eigenvalue weighted by Gasteiger charge is -2.08. The molecule has 0 amide bonds. The summed E-state index contributed by atoms with van der Waals surface area (Å²) in [6.45, 7) is 8.51. The van der Waals surface area contributed by atoms with Gasteiger partial charge in [-0.1, -0.05) is 31.7 Å². The average Bonchev–Trinajstić information content (AvgIpc) is 1.99. The van der Waals surface area contributed by atoms with Gasteiger partial charge in [0.25, 0.3) is 0 Å². The van der Waals surface area contributed by atoms with Gasteiger partial charge in [-0.3, -0.25) is 4.99 Å². The molecule has 1 nitrogen and oxygen atoms in total. The fourth-order valence-electron chi connectivity index (χ4n) is 0.726. The summed E-state index contributed by atoms with van der Waals surface area (Å²) in [6, 6.07) is 0. The summed E-state index contributed by atoms with van der Waals surface area (Å²) >= 11 is 1.76. The van der Waals surface area contributed by atoms with Crippen LogP contribution in [0.4, 0.5) is 0 Å². The summed E-state index contributed by atoms with van der Waals surface area (Å²) in [5, 5.41) is 1.13. The lowest BCUT2D eigenvalue weighted by molar-refractivity contribution is 0.816. The van der Waals surface area contributed by atoms with E-state index in [2.05, 4.69) is 31.8 Å². The molecular formula is C9H17NS. The molecule has 0 saturated heterocycles. The SMILES string of the molecule is CC=C(SC(C)=NC)C(C)C. The van der Waals surface area contributed by atoms with Gasteiger partial charge >= 0.3 is 0 Å². The van der Waals surface area contributed by atoms with Gasteiger partial charge in [-0.2, -0.15) is 0 Å². The molecule has 0 N–H and O–H groups in total. The Hall–Kier alpha value is -0.240. The summed E-state index contributed by atoms with van der Waals surface area (Å²) < 4.78 is 0. The van der Waals surface area contributed by atoms with Crippen molar-refractivity contribution >= 4 is 16.8 Å². The molecule has 0 bridgehead atoms. The maximum absolute atomic E-state index is 4.10. The third-order valence-corrected chi connectivity index (χ3v) is 2.85. The van der Waals surface area contributed by atoms with Crippen molar-refractivity contribution < 1.29 is 0 Å². The third kappa shape index (κ3) is 4.25. The van der Waals surface area contributed by atoms with Gasteiger partial charge in [0.15, 0.2) is 0 Å². The Labute approximate surface area is 74.0 Å². The monoisotopic (exact) mass is 171 g/mol. The first-order chi connectivity index (χ1) is 5.11. The predicted octanol–water partition coefficient (Wildman–Crippen LogP) is 3.33. The lowest BCUT2D eigenvalue weighted by Crippen LogP contribution is -1.92. The molecule has 0 aliphatic heterocycles. The van der Waals surface area contributed by atoms with Gasteiger partial charge < -0.3 is 0 Å². The number of hydrogen-bond acceptors (Lipinski definition) is 2. The van der Waals surface area contributed by atoms with Crippen LogP contribution in [-0.4, -0.2) is 12.1 Å². The fourth-order valence-corrected chi connectivity index (χ4v) is 1.51. The van der Waals surface area contributed by atoms with Gasteiger partial charge in [0.1, 0.15) is 0 Å². The van der Waals surface area contributed by atoms with Crippen molar-refractivity contribution in [2.75, 3.05) is 7.05 Å². The maximum Gasteiger partial charge on any atom is 0.0685 e. The molecule has 0 atom stereocenters. The molecule has 0 rings (SSSR count). The molecule has 2 heteroatoms. The molecule has 0 aromatic rings. The van der Waals surface area contributed by atoms with Crippen LogP contribution in [0.25, 0.3) is 0 Å². The fraction of sp³-hybridized carbons (Fsp3) is 0.667. The van der Waals surface area contributed by atoms with E-state index in [9.17, 15) is 0 Å². The lowest BCUT2D eigenvalue weighted by atomic mass is 10.2. The van der Waals surface area contributed by atoms with Crippen LogP contribution in [0.1, 0.15) is 27.7 Å². The number of rotatable bonds is 2. The molecule has 0 aromatic carbocycles. The molecule has 0 aromatic heterocycles. The van der Waals surface area contributed by atoms with Crippen molar-refractivity contribution in [2.24, 2.45) is 10.9 Å². The molecule has 0 saturated carbocycles. The van der Waals surface area contributed by atoms with Crippen molar-refractivity contribution in [2.45, 2.75) is 27.7 Å². The normalized spacial score (nSPS) is 14.4. The minimum absolute atomic E-state index is 0.613. The second kappa shape index (κ2) is 5.42. The largest absolute Gasteiger partial charge is 0.286 e. The van der Waals surface area contributed by atoms with Crippen molar-refractivity contribution in [1.82, 2.24) is 0 Å². The van der Waals surface area contributed by atoms with E-state index in [4.69, 9.17) is 0 Å². The number of allylic oxidation sites excluding steroid dienone is 2. The minimum Gasteiger partial charge on any atom is -0.286 e. The highest BCUT2D eigenvalue weighted by Gasteiger charge is 2.03. The maximum atomic E-state index is 4.10. The van der Waals surface area contributed by atoms with E-state index in [-0.39, 0.29) is 0 Å². The van der Waals surface area contributed by atoms with Crippen LogP contribution in [0.5, 0.6) is 0 Å². The Morgan fingerprint density at radius 2 is 2.00 bits per heavy atom. The number of nitrogens with zero attached hydrogens (tertiary/aromatic N) is 1. The van der Waals surface area contributed by atoms with Gasteiger partial charge in [-0.15, -0.1) is 0 Å². The average molecular weight is 171 g/mol. The van der Waals surface area contributed by atoms with E-state index in [1.807, 2.05) is 14.0 Å². The highest BCUT2D eigenvalue weighted by molar-refractivity contribution is 8.17. The Morgan fingerprint density at radius 1 is 1.45 bits per heavy atom. The van der Waals surface area contributed by atoms with Crippen molar-refractivity contribution in [3.05, 3.63) is 11.0 Å². The summed E-state index contributed by atoms with van der Waals surface area (Å²) in [6.07, 6.45) is 2.16. The molecule has 64 valence electrons. The first-order valence-electron chi connectivity index (χ1n) is 3.89. The zero-order valence-electron chi connectivity index (χ0n) is 8.01. The van der Waals surface area contributed by atoms with Crippen LogP contribution in [0, 0.1) is 5.92 Å². The second-order valence-electron chi connectivity index (χ2n) is 2.69. The van der Waals surface area contributed by atoms with E-state index in [1.165, 1.54) is 4.91 Å². The molecule has 0 unspecified atom stereocenters. The van der Waals surface area contributed by atoms with Gasteiger partial charge in [0, 0.05) is 7.05 Å². The van der Waals surface area contributed by atoms with E-state index < -0.39 is 0 Å². The quantitative estimate of drug-likeness (QED) is 0.458. The predicted molar refractivity (Wildman–Crippen MR) is 55.2 cm³/mol. The molecule has 0 aliphatic rings. The molecule has 0 heterocycles. The van der Waals surface area contributed by atoms with Crippen molar-refractivity contribution in [3.8, 4) is 0 Å². The standard InChI is InChI=1S/C9H17NS/c1-6-9(7(2)3)11-8(4)10-5/h6-7H,1-5H3. The number of aliphatic imine (C=N–C) groups is 1. The topological polar surface area (TPSA) is 12.4 Å². The van der Waals surface area contributed by atoms with Crippen LogP contribution >= 0.6 is 11.8 Å². The van der Waals surface area contributed by atoms with E-state index in [0.29, 0.717) is 5.92 Å². The van der Waals surface area contributed by atoms with Gasteiger partial charge in [0.2, 0.25) is 0 Å². The van der Waals surface area contributed by atoms with Crippen LogP contribution in [0.3, 0.4) is 0 Å². The smallest absolute Gasteiger partial charge is 0.0685 e. The van der Waals surface area contributed by atoms with Crippen LogP contribution in [-0.2, 0) is 0 Å². The van der Waals surface area contributed by atoms with Gasteiger partial charge in [-0.05, 0) is 24.7 Å². The first-order valence-corrected chi connectivity index (χ1v) is 4.70. The van der Waals surface area contributed by atoms with E-state index >= 15 is 0 Å². The Bertz CT molecular complexity index is 168. The zero-order chi connectivity index (χ0) is 8.85. The molecule has 0 aliphatic carbocycles. The minimum atomic E-state index is 0.613. The third-order valence-electron chi connectivity index (χ3n) is 1.43. The Morgan fingerprint density at radius 3 is 2.27 bits per heavy atom. The summed E-state index contributed by atoms with van der Waals surface area (Å²) in [4.78, 5) is 5.49. The van der Waals surface area contributed by atoms with Crippen LogP contribution in [0.2, 0.25) is 0 Å². The van der Waals surface area contributed by atoms with Crippen molar-refractivity contribution in [1.29, 1.82) is 0 Å².